The molecule has 1 saturated carbocycles. The number of hydrogen-bond donors (Lipinski definition) is 2. The fraction of sp³-hybridized carbons (Fsp3) is 0.583. The Bertz CT molecular complexity index is 977. The lowest BCUT2D eigenvalue weighted by Gasteiger charge is -2.38. The number of nitrogens with zero attached hydrogens (tertiary/aromatic N) is 2. The summed E-state index contributed by atoms with van der Waals surface area (Å²) in [5, 5.41) is 6.89. The van der Waals surface area contributed by atoms with E-state index in [1.165, 1.54) is 25.0 Å². The zero-order chi connectivity index (χ0) is 22.8. The lowest BCUT2D eigenvalue weighted by molar-refractivity contribution is -0.127. The molecule has 2 aromatic rings. The van der Waals surface area contributed by atoms with Crippen LogP contribution in [0, 0.1) is 12.7 Å². The molecule has 2 atom stereocenters. The van der Waals surface area contributed by atoms with Gasteiger partial charge in [0.25, 0.3) is 0 Å². The molecular formula is C24H33FN4O3. The van der Waals surface area contributed by atoms with E-state index < -0.39 is 0 Å². The van der Waals surface area contributed by atoms with Gasteiger partial charge in [-0.3, -0.25) is 9.69 Å². The van der Waals surface area contributed by atoms with Crippen LogP contribution in [-0.2, 0) is 4.79 Å². The van der Waals surface area contributed by atoms with Gasteiger partial charge in [0.2, 0.25) is 5.91 Å². The third-order valence-corrected chi connectivity index (χ3v) is 6.90. The fourth-order valence-electron chi connectivity index (χ4n) is 4.84. The normalized spacial score (nSPS) is 19.8. The number of hydrogen-bond acceptors (Lipinski definition) is 4. The van der Waals surface area contributed by atoms with Crippen LogP contribution in [0.15, 0.2) is 22.6 Å². The molecule has 1 saturated heterocycles. The molecule has 1 aromatic carbocycles. The molecular weight excluding hydrogens is 411 g/mol. The van der Waals surface area contributed by atoms with Gasteiger partial charge in [-0.05, 0) is 51.8 Å². The Morgan fingerprint density at radius 2 is 1.81 bits per heavy atom. The van der Waals surface area contributed by atoms with E-state index in [0.717, 1.165) is 23.8 Å². The standard InChI is InChI=1S/C24H33FN4O3/c1-15-20-14-18(25)8-9-21(20)32-22(15)16(2)26-24(31)29-12-10-28(11-13-29)17(3)23(30)27-19-6-4-5-7-19/h8-9,14,16-17,19H,4-7,10-13H2,1-3H3,(H,26,31)(H,27,30). The number of furan rings is 1. The summed E-state index contributed by atoms with van der Waals surface area (Å²) < 4.78 is 19.5. The molecule has 2 fully saturated rings. The summed E-state index contributed by atoms with van der Waals surface area (Å²) in [5.41, 5.74) is 1.44. The Morgan fingerprint density at radius 3 is 2.50 bits per heavy atom. The summed E-state index contributed by atoms with van der Waals surface area (Å²) in [6.07, 6.45) is 4.53. The van der Waals surface area contributed by atoms with E-state index in [9.17, 15) is 14.0 Å². The Morgan fingerprint density at radius 1 is 1.12 bits per heavy atom. The van der Waals surface area contributed by atoms with Crippen LogP contribution >= 0.6 is 0 Å². The maximum Gasteiger partial charge on any atom is 0.318 e. The van der Waals surface area contributed by atoms with Gasteiger partial charge in [-0.15, -0.1) is 0 Å². The van der Waals surface area contributed by atoms with Crippen molar-refractivity contribution in [3.8, 4) is 0 Å². The molecule has 2 aliphatic rings. The molecule has 1 aliphatic carbocycles. The number of aryl methyl sites for hydroxylation is 1. The summed E-state index contributed by atoms with van der Waals surface area (Å²) in [5.74, 6) is 0.406. The first-order valence-electron chi connectivity index (χ1n) is 11.6. The van der Waals surface area contributed by atoms with E-state index in [-0.39, 0.29) is 29.8 Å². The predicted octanol–water partition coefficient (Wildman–Crippen LogP) is 3.72. The number of carbonyl (C=O) groups is 2. The summed E-state index contributed by atoms with van der Waals surface area (Å²) in [6, 6.07) is 4.05. The maximum absolute atomic E-state index is 13.6. The fourth-order valence-corrected chi connectivity index (χ4v) is 4.84. The van der Waals surface area contributed by atoms with Crippen molar-refractivity contribution in [1.82, 2.24) is 20.4 Å². The molecule has 2 heterocycles. The lowest BCUT2D eigenvalue weighted by atomic mass is 10.1. The Hall–Kier alpha value is -2.61. The molecule has 7 nitrogen and oxygen atoms in total. The van der Waals surface area contributed by atoms with Crippen molar-refractivity contribution in [2.24, 2.45) is 0 Å². The quantitative estimate of drug-likeness (QED) is 0.737. The highest BCUT2D eigenvalue weighted by molar-refractivity contribution is 5.83. The van der Waals surface area contributed by atoms with Crippen LogP contribution in [0.1, 0.15) is 56.9 Å². The minimum Gasteiger partial charge on any atom is -0.459 e. The molecule has 0 radical (unpaired) electrons. The number of fused-ring (bicyclic) bond motifs is 1. The minimum atomic E-state index is -0.341. The van der Waals surface area contributed by atoms with Crippen molar-refractivity contribution < 1.29 is 18.4 Å². The number of nitrogens with one attached hydrogen (secondary N) is 2. The largest absolute Gasteiger partial charge is 0.459 e. The van der Waals surface area contributed by atoms with E-state index >= 15 is 0 Å². The van der Waals surface area contributed by atoms with Gasteiger partial charge in [0.15, 0.2) is 0 Å². The highest BCUT2D eigenvalue weighted by atomic mass is 19.1. The molecule has 0 spiro atoms. The molecule has 2 unspecified atom stereocenters. The van der Waals surface area contributed by atoms with Crippen molar-refractivity contribution in [1.29, 1.82) is 0 Å². The highest BCUT2D eigenvalue weighted by Gasteiger charge is 2.30. The van der Waals surface area contributed by atoms with Crippen molar-refractivity contribution in [2.45, 2.75) is 64.6 Å². The molecule has 8 heteroatoms. The second-order valence-electron chi connectivity index (χ2n) is 9.09. The lowest BCUT2D eigenvalue weighted by Crippen LogP contribution is -2.57. The van der Waals surface area contributed by atoms with Gasteiger partial charge in [-0.2, -0.15) is 0 Å². The van der Waals surface area contributed by atoms with Crippen molar-refractivity contribution in [3.05, 3.63) is 35.3 Å². The summed E-state index contributed by atoms with van der Waals surface area (Å²) in [6.45, 7) is 8.11. The molecule has 2 N–H and O–H groups in total. The van der Waals surface area contributed by atoms with Crippen molar-refractivity contribution in [3.63, 3.8) is 0 Å². The van der Waals surface area contributed by atoms with Crippen LogP contribution in [0.4, 0.5) is 9.18 Å². The third kappa shape index (κ3) is 4.75. The smallest absolute Gasteiger partial charge is 0.318 e. The molecule has 1 aromatic heterocycles. The topological polar surface area (TPSA) is 77.8 Å². The van der Waals surface area contributed by atoms with Gasteiger partial charge in [0.05, 0.1) is 12.1 Å². The van der Waals surface area contributed by atoms with Crippen molar-refractivity contribution >= 4 is 22.9 Å². The van der Waals surface area contributed by atoms with E-state index in [0.29, 0.717) is 43.6 Å². The van der Waals surface area contributed by atoms with Gasteiger partial charge in [0.1, 0.15) is 17.2 Å². The Labute approximate surface area is 188 Å². The number of piperazine rings is 1. The zero-order valence-electron chi connectivity index (χ0n) is 19.1. The van der Waals surface area contributed by atoms with Crippen LogP contribution in [0.2, 0.25) is 0 Å². The molecule has 4 rings (SSSR count). The van der Waals surface area contributed by atoms with Crippen molar-refractivity contribution in [2.75, 3.05) is 26.2 Å². The summed E-state index contributed by atoms with van der Waals surface area (Å²) >= 11 is 0. The number of benzene rings is 1. The average Bonchev–Trinajstić information content (AvgIpc) is 3.41. The third-order valence-electron chi connectivity index (χ3n) is 6.90. The van der Waals surface area contributed by atoms with Crippen LogP contribution in [0.5, 0.6) is 0 Å². The number of halogens is 1. The average molecular weight is 445 g/mol. The predicted molar refractivity (Wildman–Crippen MR) is 121 cm³/mol. The second kappa shape index (κ2) is 9.48. The number of carbonyl (C=O) groups excluding carboxylic acids is 2. The van der Waals surface area contributed by atoms with E-state index in [1.807, 2.05) is 20.8 Å². The van der Waals surface area contributed by atoms with Crippen LogP contribution in [0.3, 0.4) is 0 Å². The maximum atomic E-state index is 13.6. The Balaban J connectivity index is 1.29. The van der Waals surface area contributed by atoms with Crippen LogP contribution in [0.25, 0.3) is 11.0 Å². The van der Waals surface area contributed by atoms with Crippen LogP contribution in [-0.4, -0.2) is 60.0 Å². The van der Waals surface area contributed by atoms with Crippen LogP contribution < -0.4 is 10.6 Å². The monoisotopic (exact) mass is 444 g/mol. The zero-order valence-corrected chi connectivity index (χ0v) is 19.1. The highest BCUT2D eigenvalue weighted by Crippen LogP contribution is 2.30. The molecule has 32 heavy (non-hydrogen) atoms. The van der Waals surface area contributed by atoms with Gasteiger partial charge in [-0.25, -0.2) is 9.18 Å². The van der Waals surface area contributed by atoms with E-state index in [2.05, 4.69) is 15.5 Å². The minimum absolute atomic E-state index is 0.0835. The first kappa shape index (κ1) is 22.6. The van der Waals surface area contributed by atoms with Gasteiger partial charge in [-0.1, -0.05) is 12.8 Å². The number of amides is 3. The summed E-state index contributed by atoms with van der Waals surface area (Å²) in [4.78, 5) is 29.3. The second-order valence-corrected chi connectivity index (χ2v) is 9.09. The van der Waals surface area contributed by atoms with Gasteiger partial charge in [0, 0.05) is 43.2 Å². The van der Waals surface area contributed by atoms with Gasteiger partial charge >= 0.3 is 6.03 Å². The number of urea groups is 1. The van der Waals surface area contributed by atoms with Gasteiger partial charge < -0.3 is 20.0 Å². The molecule has 3 amide bonds. The molecule has 0 bridgehead atoms. The molecule has 174 valence electrons. The first-order chi connectivity index (χ1) is 15.3. The summed E-state index contributed by atoms with van der Waals surface area (Å²) in [7, 11) is 0. The van der Waals surface area contributed by atoms with E-state index in [4.69, 9.17) is 4.42 Å². The first-order valence-corrected chi connectivity index (χ1v) is 11.6. The molecule has 1 aliphatic heterocycles. The number of rotatable bonds is 5. The van der Waals surface area contributed by atoms with E-state index in [1.54, 1.807) is 11.0 Å². The SMILES string of the molecule is Cc1c(C(C)NC(=O)N2CCN(C(C)C(=O)NC3CCCC3)CC2)oc2ccc(F)cc12. The Kier molecular flexibility index (Phi) is 6.69.